The van der Waals surface area contributed by atoms with Crippen LogP contribution >= 0.6 is 0 Å². The minimum absolute atomic E-state index is 1.07. The summed E-state index contributed by atoms with van der Waals surface area (Å²) in [7, 11) is -2.85. The monoisotopic (exact) mass is 250 g/mol. The first-order chi connectivity index (χ1) is 7.17. The van der Waals surface area contributed by atoms with Gasteiger partial charge in [0.05, 0.1) is 0 Å². The van der Waals surface area contributed by atoms with Crippen molar-refractivity contribution >= 4 is 27.8 Å². The third-order valence-corrected chi connectivity index (χ3v) is 3.62. The van der Waals surface area contributed by atoms with Crippen LogP contribution in [0.2, 0.25) is 39.3 Å². The van der Waals surface area contributed by atoms with E-state index in [1.54, 1.807) is 0 Å². The van der Waals surface area contributed by atoms with Gasteiger partial charge in [-0.15, -0.1) is 0 Å². The second-order valence-electron chi connectivity index (χ2n) is 6.05. The van der Waals surface area contributed by atoms with Gasteiger partial charge in [-0.3, -0.25) is 0 Å². The molecule has 0 aliphatic heterocycles. The van der Waals surface area contributed by atoms with E-state index in [0.717, 1.165) is 11.4 Å². The summed E-state index contributed by atoms with van der Waals surface area (Å²) in [5.74, 6) is 0. The number of benzene rings is 1. The van der Waals surface area contributed by atoms with Crippen LogP contribution in [0, 0.1) is 0 Å². The summed E-state index contributed by atoms with van der Waals surface area (Å²) in [4.78, 5) is 9.69. The Morgan fingerprint density at radius 3 is 1.25 bits per heavy atom. The van der Waals surface area contributed by atoms with Crippen LogP contribution in [0.4, 0.5) is 11.4 Å². The van der Waals surface area contributed by atoms with E-state index in [0.29, 0.717) is 0 Å². The van der Waals surface area contributed by atoms with Gasteiger partial charge in [-0.2, -0.15) is 11.4 Å². The van der Waals surface area contributed by atoms with Crippen molar-refractivity contribution in [1.29, 1.82) is 0 Å². The van der Waals surface area contributed by atoms with Gasteiger partial charge < -0.3 is 9.96 Å². The third kappa shape index (κ3) is 4.85. The lowest BCUT2D eigenvalue weighted by Gasteiger charge is -2.45. The van der Waals surface area contributed by atoms with Gasteiger partial charge in [0.2, 0.25) is 0 Å². The molecule has 0 heterocycles. The first kappa shape index (κ1) is 13.3. The topological polar surface area (TPSA) is 28.2 Å². The Balaban J connectivity index is 2.92. The fourth-order valence-corrected chi connectivity index (χ4v) is 3.20. The summed E-state index contributed by atoms with van der Waals surface area (Å²) < 4.78 is 0. The summed E-state index contributed by atoms with van der Waals surface area (Å²) in [6, 6.07) is 8.25. The molecule has 0 N–H and O–H groups in total. The Kier molecular flexibility index (Phi) is 3.85. The Bertz CT molecular complexity index is 316. The highest BCUT2D eigenvalue weighted by Crippen LogP contribution is 2.39. The summed E-state index contributed by atoms with van der Waals surface area (Å²) in [5, 5.41) is 0. The first-order valence-corrected chi connectivity index (χ1v) is 12.6. The summed E-state index contributed by atoms with van der Waals surface area (Å²) in [6.07, 6.45) is 0. The molecule has 4 heteroatoms. The van der Waals surface area contributed by atoms with Gasteiger partial charge in [0.25, 0.3) is 0 Å². The zero-order valence-electron chi connectivity index (χ0n) is 11.2. The van der Waals surface area contributed by atoms with Crippen LogP contribution in [-0.4, -0.2) is 16.5 Å². The quantitative estimate of drug-likeness (QED) is 0.643. The Labute approximate surface area is 102 Å². The number of hydrogen-bond acceptors (Lipinski definition) is 0. The van der Waals surface area contributed by atoms with Crippen molar-refractivity contribution in [2.75, 3.05) is 0 Å². The maximum absolute atomic E-state index is 4.84. The summed E-state index contributed by atoms with van der Waals surface area (Å²) >= 11 is 0. The molecule has 0 aliphatic rings. The molecule has 0 bridgehead atoms. The predicted octanol–water partition coefficient (Wildman–Crippen LogP) is 5.37. The van der Waals surface area contributed by atoms with Gasteiger partial charge in [-0.1, -0.05) is 63.5 Å². The van der Waals surface area contributed by atoms with Gasteiger partial charge in [0.15, 0.2) is 0 Å². The number of hydrogen-bond donors (Lipinski definition) is 0. The second-order valence-corrected chi connectivity index (χ2v) is 15.2. The zero-order chi connectivity index (χ0) is 12.4. The molecule has 0 spiro atoms. The van der Waals surface area contributed by atoms with Crippen LogP contribution in [0.5, 0.6) is 0 Å². The normalized spacial score (nSPS) is 12.4. The molecule has 16 heavy (non-hydrogen) atoms. The van der Waals surface area contributed by atoms with Gasteiger partial charge in [-0.25, -0.2) is 0 Å². The van der Waals surface area contributed by atoms with E-state index in [-0.39, 0.29) is 0 Å². The zero-order valence-corrected chi connectivity index (χ0v) is 13.2. The molecule has 0 atom stereocenters. The molecular formula is C12H22N2Si2-2. The standard InChI is InChI=1S/C12H22N2Si2/c1-15(2,3)13-11-9-7-8-10-12(11)14-16(4,5)6/h7-10H,1-6H3/q-2. The van der Waals surface area contributed by atoms with Crippen LogP contribution in [0.25, 0.3) is 9.96 Å². The van der Waals surface area contributed by atoms with Crippen LogP contribution in [-0.2, 0) is 0 Å². The molecule has 1 aromatic rings. The highest BCUT2D eigenvalue weighted by molar-refractivity contribution is 6.83. The van der Waals surface area contributed by atoms with Crippen LogP contribution in [0.15, 0.2) is 24.3 Å². The van der Waals surface area contributed by atoms with Crippen molar-refractivity contribution in [3.63, 3.8) is 0 Å². The maximum atomic E-state index is 4.84. The summed E-state index contributed by atoms with van der Waals surface area (Å²) in [6.45, 7) is 13.5. The van der Waals surface area contributed by atoms with E-state index < -0.39 is 16.5 Å². The SMILES string of the molecule is C[Si](C)(C)[N-]c1ccccc1[N-][Si](C)(C)C. The van der Waals surface area contributed by atoms with Gasteiger partial charge in [0.1, 0.15) is 0 Å². The van der Waals surface area contributed by atoms with Gasteiger partial charge >= 0.3 is 0 Å². The Morgan fingerprint density at radius 1 is 0.688 bits per heavy atom. The van der Waals surface area contributed by atoms with Crippen molar-refractivity contribution in [3.8, 4) is 0 Å². The first-order valence-electron chi connectivity index (χ1n) is 5.72. The smallest absolute Gasteiger partial charge is 0.0494 e. The molecule has 0 saturated heterocycles. The molecule has 2 nitrogen and oxygen atoms in total. The molecular weight excluding hydrogens is 228 g/mol. The van der Waals surface area contributed by atoms with E-state index in [1.165, 1.54) is 0 Å². The van der Waals surface area contributed by atoms with Crippen LogP contribution < -0.4 is 0 Å². The molecule has 0 amide bonds. The fourth-order valence-electron chi connectivity index (χ4n) is 1.38. The molecule has 0 aromatic heterocycles. The number of nitrogens with zero attached hydrogens (tertiary/aromatic N) is 2. The summed E-state index contributed by atoms with van der Waals surface area (Å²) in [5.41, 5.74) is 2.15. The van der Waals surface area contributed by atoms with E-state index in [4.69, 9.17) is 9.96 Å². The van der Waals surface area contributed by atoms with E-state index in [9.17, 15) is 0 Å². The van der Waals surface area contributed by atoms with E-state index in [1.807, 2.05) is 12.1 Å². The Morgan fingerprint density at radius 2 is 1.00 bits per heavy atom. The van der Waals surface area contributed by atoms with Crippen LogP contribution in [0.1, 0.15) is 0 Å². The molecule has 0 radical (unpaired) electrons. The maximum Gasteiger partial charge on any atom is -0.0494 e. The molecule has 0 unspecified atom stereocenters. The van der Waals surface area contributed by atoms with E-state index >= 15 is 0 Å². The lowest BCUT2D eigenvalue weighted by molar-refractivity contribution is 1.61. The van der Waals surface area contributed by atoms with Crippen molar-refractivity contribution < 1.29 is 0 Å². The predicted molar refractivity (Wildman–Crippen MR) is 79.2 cm³/mol. The largest absolute Gasteiger partial charge is 0.688 e. The highest BCUT2D eigenvalue weighted by Gasteiger charge is 2.02. The molecule has 0 fully saturated rings. The van der Waals surface area contributed by atoms with Crippen molar-refractivity contribution in [3.05, 3.63) is 34.2 Å². The van der Waals surface area contributed by atoms with Crippen molar-refractivity contribution in [2.45, 2.75) is 39.3 Å². The second kappa shape index (κ2) is 4.63. The number of rotatable bonds is 4. The average Bonchev–Trinajstić information content (AvgIpc) is 2.03. The fraction of sp³-hybridized carbons (Fsp3) is 0.500. The molecule has 0 aliphatic carbocycles. The third-order valence-electron chi connectivity index (χ3n) is 1.79. The average molecular weight is 250 g/mol. The minimum atomic E-state index is -1.42. The lowest BCUT2D eigenvalue weighted by Crippen LogP contribution is -2.18. The van der Waals surface area contributed by atoms with Gasteiger partial charge in [-0.05, 0) is 16.5 Å². The van der Waals surface area contributed by atoms with Crippen molar-refractivity contribution in [1.82, 2.24) is 0 Å². The molecule has 1 rings (SSSR count). The molecule has 0 saturated carbocycles. The van der Waals surface area contributed by atoms with Gasteiger partial charge in [0, 0.05) is 0 Å². The van der Waals surface area contributed by atoms with Crippen LogP contribution in [0.3, 0.4) is 0 Å². The minimum Gasteiger partial charge on any atom is -0.688 e. The Hall–Kier alpha value is -0.746. The molecule has 1 aromatic carbocycles. The highest BCUT2D eigenvalue weighted by atomic mass is 28.3. The lowest BCUT2D eigenvalue weighted by atomic mass is 10.3. The molecule has 90 valence electrons. The van der Waals surface area contributed by atoms with Crippen molar-refractivity contribution in [2.24, 2.45) is 0 Å². The van der Waals surface area contributed by atoms with E-state index in [2.05, 4.69) is 51.4 Å².